The molecule has 0 spiro atoms. The SMILES string of the molecule is CC(C)c1ccccc1Oc1ccc(Cl)c(C(=O)O)n1. The summed E-state index contributed by atoms with van der Waals surface area (Å²) in [4.78, 5) is 14.9. The number of aromatic nitrogens is 1. The molecule has 4 nitrogen and oxygen atoms in total. The van der Waals surface area contributed by atoms with Crippen LogP contribution < -0.4 is 4.74 Å². The first kappa shape index (κ1) is 14.3. The van der Waals surface area contributed by atoms with Crippen LogP contribution in [0.2, 0.25) is 5.02 Å². The number of hydrogen-bond donors (Lipinski definition) is 1. The van der Waals surface area contributed by atoms with E-state index >= 15 is 0 Å². The average Bonchev–Trinajstić information content (AvgIpc) is 2.41. The normalized spacial score (nSPS) is 10.6. The Hall–Kier alpha value is -2.07. The van der Waals surface area contributed by atoms with E-state index in [4.69, 9.17) is 21.4 Å². The molecule has 2 rings (SSSR count). The van der Waals surface area contributed by atoms with Crippen LogP contribution in [0.25, 0.3) is 0 Å². The summed E-state index contributed by atoms with van der Waals surface area (Å²) in [6, 6.07) is 10.6. The fraction of sp³-hybridized carbons (Fsp3) is 0.200. The molecule has 20 heavy (non-hydrogen) atoms. The van der Waals surface area contributed by atoms with Gasteiger partial charge in [0, 0.05) is 6.07 Å². The molecule has 1 aromatic heterocycles. The van der Waals surface area contributed by atoms with E-state index in [2.05, 4.69) is 18.8 Å². The zero-order valence-electron chi connectivity index (χ0n) is 11.1. The Morgan fingerprint density at radius 1 is 1.25 bits per heavy atom. The van der Waals surface area contributed by atoms with Crippen LogP contribution in [-0.2, 0) is 0 Å². The molecule has 0 saturated carbocycles. The summed E-state index contributed by atoms with van der Waals surface area (Å²) in [5, 5.41) is 9.08. The molecule has 0 amide bonds. The van der Waals surface area contributed by atoms with Gasteiger partial charge in [-0.3, -0.25) is 0 Å². The number of ether oxygens (including phenoxy) is 1. The molecule has 0 atom stereocenters. The lowest BCUT2D eigenvalue weighted by atomic mass is 10.0. The lowest BCUT2D eigenvalue weighted by Crippen LogP contribution is -2.03. The lowest BCUT2D eigenvalue weighted by Gasteiger charge is -2.13. The number of carboxylic acids is 1. The van der Waals surface area contributed by atoms with Crippen LogP contribution in [0.4, 0.5) is 0 Å². The second kappa shape index (κ2) is 5.92. The molecule has 0 aliphatic rings. The molecule has 0 radical (unpaired) electrons. The molecule has 0 fully saturated rings. The summed E-state index contributed by atoms with van der Waals surface area (Å²) < 4.78 is 5.68. The maximum atomic E-state index is 11.0. The van der Waals surface area contributed by atoms with Crippen molar-refractivity contribution in [1.29, 1.82) is 0 Å². The van der Waals surface area contributed by atoms with Gasteiger partial charge in [-0.05, 0) is 23.6 Å². The minimum atomic E-state index is -1.18. The first-order chi connectivity index (χ1) is 9.49. The number of aromatic carboxylic acids is 1. The molecule has 1 aromatic carbocycles. The van der Waals surface area contributed by atoms with Gasteiger partial charge in [0.25, 0.3) is 0 Å². The van der Waals surface area contributed by atoms with Gasteiger partial charge in [-0.1, -0.05) is 43.6 Å². The van der Waals surface area contributed by atoms with Crippen LogP contribution in [0.5, 0.6) is 11.6 Å². The van der Waals surface area contributed by atoms with E-state index in [1.807, 2.05) is 24.3 Å². The fourth-order valence-corrected chi connectivity index (χ4v) is 1.98. The second-order valence-electron chi connectivity index (χ2n) is 4.58. The summed E-state index contributed by atoms with van der Waals surface area (Å²) in [5.41, 5.74) is 0.812. The number of rotatable bonds is 4. The highest BCUT2D eigenvalue weighted by molar-refractivity contribution is 6.33. The Morgan fingerprint density at radius 2 is 1.95 bits per heavy atom. The number of carbonyl (C=O) groups is 1. The highest BCUT2D eigenvalue weighted by atomic mass is 35.5. The number of benzene rings is 1. The second-order valence-corrected chi connectivity index (χ2v) is 4.99. The minimum absolute atomic E-state index is 0.0852. The first-order valence-corrected chi connectivity index (χ1v) is 6.53. The van der Waals surface area contributed by atoms with Crippen molar-refractivity contribution >= 4 is 17.6 Å². The summed E-state index contributed by atoms with van der Waals surface area (Å²) in [7, 11) is 0. The van der Waals surface area contributed by atoms with Crippen LogP contribution in [0.1, 0.15) is 35.8 Å². The van der Waals surface area contributed by atoms with Crippen molar-refractivity contribution in [1.82, 2.24) is 4.98 Å². The standard InChI is InChI=1S/C15H14ClNO3/c1-9(2)10-5-3-4-6-12(10)20-13-8-7-11(16)14(17-13)15(18)19/h3-9H,1-2H3,(H,18,19). The average molecular weight is 292 g/mol. The molecule has 0 unspecified atom stereocenters. The van der Waals surface area contributed by atoms with Gasteiger partial charge >= 0.3 is 5.97 Å². The molecule has 0 aliphatic carbocycles. The number of pyridine rings is 1. The Bertz CT molecular complexity index is 641. The van der Waals surface area contributed by atoms with Crippen molar-refractivity contribution in [3.05, 3.63) is 52.7 Å². The van der Waals surface area contributed by atoms with Crippen LogP contribution in [0.3, 0.4) is 0 Å². The molecule has 0 saturated heterocycles. The maximum Gasteiger partial charge on any atom is 0.356 e. The van der Waals surface area contributed by atoms with Gasteiger partial charge in [0.05, 0.1) is 5.02 Å². The third-order valence-electron chi connectivity index (χ3n) is 2.78. The van der Waals surface area contributed by atoms with E-state index in [-0.39, 0.29) is 22.5 Å². The van der Waals surface area contributed by atoms with Crippen molar-refractivity contribution in [2.45, 2.75) is 19.8 Å². The number of halogens is 1. The smallest absolute Gasteiger partial charge is 0.356 e. The van der Waals surface area contributed by atoms with Crippen LogP contribution in [0, 0.1) is 0 Å². The third-order valence-corrected chi connectivity index (χ3v) is 3.08. The summed E-state index contributed by atoms with van der Waals surface area (Å²) in [6.07, 6.45) is 0. The fourth-order valence-electron chi connectivity index (χ4n) is 1.79. The van der Waals surface area contributed by atoms with E-state index in [0.29, 0.717) is 5.75 Å². The minimum Gasteiger partial charge on any atom is -0.476 e. The van der Waals surface area contributed by atoms with Gasteiger partial charge in [0.2, 0.25) is 5.88 Å². The number of para-hydroxylation sites is 1. The van der Waals surface area contributed by atoms with Gasteiger partial charge in [0.1, 0.15) is 5.75 Å². The number of nitrogens with zero attached hydrogens (tertiary/aromatic N) is 1. The van der Waals surface area contributed by atoms with Crippen molar-refractivity contribution in [2.75, 3.05) is 0 Å². The highest BCUT2D eigenvalue weighted by Gasteiger charge is 2.14. The lowest BCUT2D eigenvalue weighted by molar-refractivity contribution is 0.0690. The number of carboxylic acid groups (broad SMARTS) is 1. The topological polar surface area (TPSA) is 59.4 Å². The Balaban J connectivity index is 2.36. The zero-order valence-corrected chi connectivity index (χ0v) is 11.9. The molecule has 2 aromatic rings. The maximum absolute atomic E-state index is 11.0. The Kier molecular flexibility index (Phi) is 4.25. The van der Waals surface area contributed by atoms with Crippen LogP contribution in [0.15, 0.2) is 36.4 Å². The summed E-state index contributed by atoms with van der Waals surface area (Å²) in [6.45, 7) is 4.11. The predicted molar refractivity (Wildman–Crippen MR) is 76.8 cm³/mol. The highest BCUT2D eigenvalue weighted by Crippen LogP contribution is 2.30. The van der Waals surface area contributed by atoms with Crippen molar-refractivity contribution < 1.29 is 14.6 Å². The van der Waals surface area contributed by atoms with Crippen LogP contribution in [-0.4, -0.2) is 16.1 Å². The largest absolute Gasteiger partial charge is 0.476 e. The Morgan fingerprint density at radius 3 is 2.60 bits per heavy atom. The first-order valence-electron chi connectivity index (χ1n) is 6.15. The van der Waals surface area contributed by atoms with Gasteiger partial charge < -0.3 is 9.84 Å². The molecule has 1 heterocycles. The van der Waals surface area contributed by atoms with Crippen LogP contribution >= 0.6 is 11.6 Å². The molecule has 5 heteroatoms. The molecule has 104 valence electrons. The molecular formula is C15H14ClNO3. The number of hydrogen-bond acceptors (Lipinski definition) is 3. The molecule has 0 aliphatic heterocycles. The van der Waals surface area contributed by atoms with Gasteiger partial charge in [-0.2, -0.15) is 0 Å². The van der Waals surface area contributed by atoms with Crippen molar-refractivity contribution in [3.8, 4) is 11.6 Å². The summed E-state index contributed by atoms with van der Waals surface area (Å²) >= 11 is 5.78. The summed E-state index contributed by atoms with van der Waals surface area (Å²) in [5.74, 6) is -0.0244. The van der Waals surface area contributed by atoms with Crippen molar-refractivity contribution in [3.63, 3.8) is 0 Å². The molecule has 1 N–H and O–H groups in total. The van der Waals surface area contributed by atoms with E-state index in [1.165, 1.54) is 6.07 Å². The van der Waals surface area contributed by atoms with Gasteiger partial charge in [-0.15, -0.1) is 0 Å². The van der Waals surface area contributed by atoms with Gasteiger partial charge in [-0.25, -0.2) is 9.78 Å². The predicted octanol–water partition coefficient (Wildman–Crippen LogP) is 4.35. The molecular weight excluding hydrogens is 278 g/mol. The van der Waals surface area contributed by atoms with Crippen molar-refractivity contribution in [2.24, 2.45) is 0 Å². The van der Waals surface area contributed by atoms with E-state index in [9.17, 15) is 4.79 Å². The van der Waals surface area contributed by atoms with E-state index < -0.39 is 5.97 Å². The third kappa shape index (κ3) is 3.08. The molecule has 0 bridgehead atoms. The quantitative estimate of drug-likeness (QED) is 0.910. The zero-order chi connectivity index (χ0) is 14.7. The van der Waals surface area contributed by atoms with Gasteiger partial charge in [0.15, 0.2) is 5.69 Å². The monoisotopic (exact) mass is 291 g/mol. The Labute approximate surface area is 122 Å². The van der Waals surface area contributed by atoms with E-state index in [0.717, 1.165) is 5.56 Å². The van der Waals surface area contributed by atoms with E-state index in [1.54, 1.807) is 6.07 Å².